The van der Waals surface area contributed by atoms with Gasteiger partial charge in [-0.05, 0) is 20.8 Å². The van der Waals surface area contributed by atoms with Gasteiger partial charge in [0.15, 0.2) is 19.8 Å². The molecule has 0 spiro atoms. The molecule has 0 aromatic carbocycles. The topological polar surface area (TPSA) is 78.9 Å². The van der Waals surface area contributed by atoms with Gasteiger partial charge in [-0.2, -0.15) is 13.2 Å². The monoisotopic (exact) mass is 300 g/mol. The second-order valence-corrected chi connectivity index (χ2v) is 4.76. The summed E-state index contributed by atoms with van der Waals surface area (Å²) in [6, 6.07) is 0. The SMILES string of the molecule is CC(C)(C)C(=O)OCC(=O)OCC(=O)OCC(F)(F)F. The molecule has 0 heterocycles. The Morgan fingerprint density at radius 3 is 1.75 bits per heavy atom. The number of carbonyl (C=O) groups excluding carboxylic acids is 3. The number of rotatable bonds is 5. The van der Waals surface area contributed by atoms with Crippen LogP contribution in [0, 0.1) is 5.41 Å². The van der Waals surface area contributed by atoms with E-state index in [0.717, 1.165) is 0 Å². The molecule has 0 atom stereocenters. The van der Waals surface area contributed by atoms with Gasteiger partial charge in [0.2, 0.25) is 0 Å². The first-order valence-corrected chi connectivity index (χ1v) is 5.47. The van der Waals surface area contributed by atoms with E-state index in [0.29, 0.717) is 0 Å². The zero-order valence-corrected chi connectivity index (χ0v) is 11.2. The van der Waals surface area contributed by atoms with Crippen LogP contribution in [0.4, 0.5) is 13.2 Å². The van der Waals surface area contributed by atoms with E-state index in [2.05, 4.69) is 14.2 Å². The van der Waals surface area contributed by atoms with Crippen molar-refractivity contribution >= 4 is 17.9 Å². The summed E-state index contributed by atoms with van der Waals surface area (Å²) in [5.74, 6) is -3.07. The molecular formula is C11H15F3O6. The van der Waals surface area contributed by atoms with Crippen molar-refractivity contribution in [3.8, 4) is 0 Å². The predicted molar refractivity (Wildman–Crippen MR) is 58.4 cm³/mol. The van der Waals surface area contributed by atoms with Crippen LogP contribution in [0.3, 0.4) is 0 Å². The van der Waals surface area contributed by atoms with Crippen molar-refractivity contribution < 1.29 is 41.8 Å². The van der Waals surface area contributed by atoms with Crippen LogP contribution >= 0.6 is 0 Å². The Balaban J connectivity index is 3.89. The lowest BCUT2D eigenvalue weighted by atomic mass is 9.97. The first-order valence-electron chi connectivity index (χ1n) is 5.47. The van der Waals surface area contributed by atoms with Crippen molar-refractivity contribution in [2.24, 2.45) is 5.41 Å². The van der Waals surface area contributed by atoms with Crippen molar-refractivity contribution in [1.29, 1.82) is 0 Å². The van der Waals surface area contributed by atoms with Gasteiger partial charge in [0.25, 0.3) is 0 Å². The van der Waals surface area contributed by atoms with E-state index in [-0.39, 0.29) is 0 Å². The van der Waals surface area contributed by atoms with E-state index in [1.165, 1.54) is 0 Å². The lowest BCUT2D eigenvalue weighted by Gasteiger charge is -2.15. The van der Waals surface area contributed by atoms with Gasteiger partial charge < -0.3 is 14.2 Å². The maximum atomic E-state index is 11.7. The minimum Gasteiger partial charge on any atom is -0.454 e. The number of esters is 3. The van der Waals surface area contributed by atoms with E-state index in [1.54, 1.807) is 20.8 Å². The number of hydrogen-bond donors (Lipinski definition) is 0. The minimum atomic E-state index is -4.65. The highest BCUT2D eigenvalue weighted by Gasteiger charge is 2.30. The van der Waals surface area contributed by atoms with E-state index in [4.69, 9.17) is 0 Å². The molecule has 0 aromatic heterocycles. The normalized spacial score (nSPS) is 11.7. The summed E-state index contributed by atoms with van der Waals surface area (Å²) in [5.41, 5.74) is -0.814. The second kappa shape index (κ2) is 7.11. The number of halogens is 3. The van der Waals surface area contributed by atoms with Crippen LogP contribution in [0.2, 0.25) is 0 Å². The van der Waals surface area contributed by atoms with Crippen molar-refractivity contribution in [3.05, 3.63) is 0 Å². The molecule has 116 valence electrons. The van der Waals surface area contributed by atoms with Gasteiger partial charge in [0.05, 0.1) is 5.41 Å². The third kappa shape index (κ3) is 9.17. The second-order valence-electron chi connectivity index (χ2n) is 4.76. The van der Waals surface area contributed by atoms with E-state index >= 15 is 0 Å². The molecule has 0 saturated carbocycles. The Labute approximate surface area is 113 Å². The summed E-state index contributed by atoms with van der Waals surface area (Å²) in [4.78, 5) is 33.1. The van der Waals surface area contributed by atoms with Gasteiger partial charge in [-0.1, -0.05) is 0 Å². The molecule has 0 unspecified atom stereocenters. The molecule has 0 aromatic rings. The van der Waals surface area contributed by atoms with Crippen LogP contribution in [0.25, 0.3) is 0 Å². The van der Waals surface area contributed by atoms with Gasteiger partial charge in [0, 0.05) is 0 Å². The number of ether oxygens (including phenoxy) is 3. The van der Waals surface area contributed by atoms with E-state index in [1.807, 2.05) is 0 Å². The average molecular weight is 300 g/mol. The zero-order valence-electron chi connectivity index (χ0n) is 11.2. The molecule has 20 heavy (non-hydrogen) atoms. The van der Waals surface area contributed by atoms with Crippen LogP contribution in [0.1, 0.15) is 20.8 Å². The van der Waals surface area contributed by atoms with Gasteiger partial charge >= 0.3 is 24.1 Å². The molecule has 0 radical (unpaired) electrons. The number of alkyl halides is 3. The standard InChI is InChI=1S/C11H15F3O6/c1-10(2,3)9(17)19-5-7(15)18-4-8(16)20-6-11(12,13)14/h4-6H2,1-3H3. The number of hydrogen-bond acceptors (Lipinski definition) is 6. The summed E-state index contributed by atoms with van der Waals surface area (Å²) in [6.07, 6.45) is -4.65. The summed E-state index contributed by atoms with van der Waals surface area (Å²) in [7, 11) is 0. The Morgan fingerprint density at radius 2 is 1.30 bits per heavy atom. The van der Waals surface area contributed by atoms with Crippen molar-refractivity contribution in [3.63, 3.8) is 0 Å². The quantitative estimate of drug-likeness (QED) is 0.561. The highest BCUT2D eigenvalue weighted by molar-refractivity contribution is 5.81. The van der Waals surface area contributed by atoms with Crippen molar-refractivity contribution in [1.82, 2.24) is 0 Å². The zero-order chi connectivity index (χ0) is 16.0. The molecule has 0 fully saturated rings. The fourth-order valence-corrected chi connectivity index (χ4v) is 0.726. The molecule has 0 aliphatic heterocycles. The van der Waals surface area contributed by atoms with Crippen LogP contribution < -0.4 is 0 Å². The summed E-state index contributed by atoms with van der Waals surface area (Å²) < 4.78 is 47.7. The smallest absolute Gasteiger partial charge is 0.422 e. The molecular weight excluding hydrogens is 285 g/mol. The fraction of sp³-hybridized carbons (Fsp3) is 0.727. The highest BCUT2D eigenvalue weighted by atomic mass is 19.4. The molecule has 0 bridgehead atoms. The average Bonchev–Trinajstić information content (AvgIpc) is 2.28. The van der Waals surface area contributed by atoms with Crippen molar-refractivity contribution in [2.75, 3.05) is 19.8 Å². The van der Waals surface area contributed by atoms with Crippen LogP contribution in [-0.2, 0) is 28.6 Å². The fourth-order valence-electron chi connectivity index (χ4n) is 0.726. The van der Waals surface area contributed by atoms with Gasteiger partial charge in [-0.15, -0.1) is 0 Å². The first-order chi connectivity index (χ1) is 8.92. The summed E-state index contributed by atoms with van der Waals surface area (Å²) in [6.45, 7) is 1.21. The Morgan fingerprint density at radius 1 is 0.850 bits per heavy atom. The molecule has 9 heteroatoms. The third-order valence-electron chi connectivity index (χ3n) is 1.68. The molecule has 0 amide bonds. The lowest BCUT2D eigenvalue weighted by Crippen LogP contribution is -2.28. The molecule has 0 saturated heterocycles. The molecule has 6 nitrogen and oxygen atoms in total. The van der Waals surface area contributed by atoms with Crippen molar-refractivity contribution in [2.45, 2.75) is 26.9 Å². The lowest BCUT2D eigenvalue weighted by molar-refractivity contribution is -0.190. The molecule has 0 N–H and O–H groups in total. The number of carbonyl (C=O) groups is 3. The maximum Gasteiger partial charge on any atom is 0.422 e. The Hall–Kier alpha value is -1.80. The van der Waals surface area contributed by atoms with Gasteiger partial charge in [0.1, 0.15) is 0 Å². The van der Waals surface area contributed by atoms with Gasteiger partial charge in [-0.25, -0.2) is 9.59 Å². The van der Waals surface area contributed by atoms with E-state index < -0.39 is 49.3 Å². The van der Waals surface area contributed by atoms with Crippen LogP contribution in [0.5, 0.6) is 0 Å². The predicted octanol–water partition coefficient (Wildman–Crippen LogP) is 1.22. The molecule has 0 aliphatic rings. The van der Waals surface area contributed by atoms with Crippen LogP contribution in [-0.4, -0.2) is 43.9 Å². The largest absolute Gasteiger partial charge is 0.454 e. The summed E-state index contributed by atoms with van der Waals surface area (Å²) in [5, 5.41) is 0. The van der Waals surface area contributed by atoms with E-state index in [9.17, 15) is 27.6 Å². The Bertz CT molecular complexity index is 369. The molecule has 0 aliphatic carbocycles. The Kier molecular flexibility index (Phi) is 6.47. The molecule has 0 rings (SSSR count). The van der Waals surface area contributed by atoms with Crippen LogP contribution in [0.15, 0.2) is 0 Å². The maximum absolute atomic E-state index is 11.7. The minimum absolute atomic E-state index is 0.658. The third-order valence-corrected chi connectivity index (χ3v) is 1.68. The first kappa shape index (κ1) is 18.2. The summed E-state index contributed by atoms with van der Waals surface area (Å²) >= 11 is 0. The highest BCUT2D eigenvalue weighted by Crippen LogP contribution is 2.15. The van der Waals surface area contributed by atoms with Gasteiger partial charge in [-0.3, -0.25) is 4.79 Å².